The molecule has 0 bridgehead atoms. The van der Waals surface area contributed by atoms with E-state index in [4.69, 9.17) is 10.5 Å². The first kappa shape index (κ1) is 12.9. The number of nitro groups is 1. The summed E-state index contributed by atoms with van der Waals surface area (Å²) >= 11 is 0. The fourth-order valence-corrected chi connectivity index (χ4v) is 1.75. The van der Waals surface area contributed by atoms with Crippen molar-refractivity contribution in [2.45, 2.75) is 13.8 Å². The molecular formula is C14H14N2O3. The van der Waals surface area contributed by atoms with Crippen molar-refractivity contribution < 1.29 is 9.66 Å². The lowest BCUT2D eigenvalue weighted by Crippen LogP contribution is -1.99. The number of benzene rings is 2. The summed E-state index contributed by atoms with van der Waals surface area (Å²) in [5.74, 6) is 0.743. The number of hydrogen-bond acceptors (Lipinski definition) is 4. The van der Waals surface area contributed by atoms with E-state index in [1.165, 1.54) is 12.1 Å². The molecule has 0 radical (unpaired) electrons. The number of hydrogen-bond donors (Lipinski definition) is 1. The molecule has 0 heterocycles. The maximum absolute atomic E-state index is 11.0. The maximum atomic E-state index is 11.0. The van der Waals surface area contributed by atoms with Crippen LogP contribution in [0.4, 0.5) is 11.4 Å². The summed E-state index contributed by atoms with van der Waals surface area (Å²) in [6, 6.07) is 10.3. The maximum Gasteiger partial charge on any atom is 0.334 e. The molecule has 5 heteroatoms. The standard InChI is InChI=1S/C14H14N2O3/c1-9-6-7-10(2)13(8-9)19-12-5-3-4-11(15)14(12)16(17)18/h3-8H,15H2,1-2H3. The van der Waals surface area contributed by atoms with Crippen molar-refractivity contribution in [3.05, 3.63) is 57.6 Å². The Morgan fingerprint density at radius 2 is 1.89 bits per heavy atom. The van der Waals surface area contributed by atoms with E-state index in [0.717, 1.165) is 11.1 Å². The van der Waals surface area contributed by atoms with E-state index in [-0.39, 0.29) is 17.1 Å². The van der Waals surface area contributed by atoms with Gasteiger partial charge < -0.3 is 10.5 Å². The van der Waals surface area contributed by atoms with Crippen molar-refractivity contribution in [1.82, 2.24) is 0 Å². The van der Waals surface area contributed by atoms with Crippen molar-refractivity contribution in [3.8, 4) is 11.5 Å². The number of nitrogens with zero attached hydrogens (tertiary/aromatic N) is 1. The van der Waals surface area contributed by atoms with Gasteiger partial charge in [0.1, 0.15) is 11.4 Å². The molecule has 0 spiro atoms. The quantitative estimate of drug-likeness (QED) is 0.518. The van der Waals surface area contributed by atoms with Gasteiger partial charge in [0.25, 0.3) is 0 Å². The zero-order valence-corrected chi connectivity index (χ0v) is 10.7. The van der Waals surface area contributed by atoms with Gasteiger partial charge in [-0.3, -0.25) is 10.1 Å². The van der Waals surface area contributed by atoms with Gasteiger partial charge in [-0.15, -0.1) is 0 Å². The van der Waals surface area contributed by atoms with Crippen LogP contribution in [-0.4, -0.2) is 4.92 Å². The number of nitrogen functional groups attached to an aromatic ring is 1. The Labute approximate surface area is 110 Å². The minimum absolute atomic E-state index is 0.0906. The first-order valence-electron chi connectivity index (χ1n) is 5.77. The molecule has 0 saturated heterocycles. The van der Waals surface area contributed by atoms with Crippen LogP contribution in [0.15, 0.2) is 36.4 Å². The Morgan fingerprint density at radius 3 is 2.58 bits per heavy atom. The van der Waals surface area contributed by atoms with Gasteiger partial charge >= 0.3 is 5.69 Å². The van der Waals surface area contributed by atoms with Gasteiger partial charge in [-0.2, -0.15) is 0 Å². The summed E-state index contributed by atoms with van der Waals surface area (Å²) in [5.41, 5.74) is 7.43. The summed E-state index contributed by atoms with van der Waals surface area (Å²) in [6.45, 7) is 3.81. The van der Waals surface area contributed by atoms with E-state index in [9.17, 15) is 10.1 Å². The van der Waals surface area contributed by atoms with E-state index in [1.54, 1.807) is 6.07 Å². The number of anilines is 1. The van der Waals surface area contributed by atoms with Crippen molar-refractivity contribution in [2.24, 2.45) is 0 Å². The molecule has 2 N–H and O–H groups in total. The summed E-state index contributed by atoms with van der Waals surface area (Å²) in [4.78, 5) is 10.5. The van der Waals surface area contributed by atoms with Crippen molar-refractivity contribution in [3.63, 3.8) is 0 Å². The highest BCUT2D eigenvalue weighted by Gasteiger charge is 2.20. The third-order valence-electron chi connectivity index (χ3n) is 2.78. The van der Waals surface area contributed by atoms with Crippen LogP contribution >= 0.6 is 0 Å². The Hall–Kier alpha value is -2.56. The molecule has 2 aromatic carbocycles. The van der Waals surface area contributed by atoms with Gasteiger partial charge in [-0.25, -0.2) is 0 Å². The minimum Gasteiger partial charge on any atom is -0.450 e. The molecule has 0 aliphatic heterocycles. The third kappa shape index (κ3) is 2.65. The molecule has 2 aromatic rings. The van der Waals surface area contributed by atoms with Crippen LogP contribution in [0.2, 0.25) is 0 Å². The highest BCUT2D eigenvalue weighted by atomic mass is 16.6. The molecule has 0 aromatic heterocycles. The molecule has 2 rings (SSSR count). The average Bonchev–Trinajstić information content (AvgIpc) is 2.33. The van der Waals surface area contributed by atoms with Crippen LogP contribution in [-0.2, 0) is 0 Å². The van der Waals surface area contributed by atoms with Crippen LogP contribution in [0.5, 0.6) is 11.5 Å². The number of aryl methyl sites for hydroxylation is 2. The van der Waals surface area contributed by atoms with Crippen molar-refractivity contribution in [2.75, 3.05) is 5.73 Å². The fourth-order valence-electron chi connectivity index (χ4n) is 1.75. The molecule has 0 aliphatic rings. The van der Waals surface area contributed by atoms with Crippen LogP contribution in [0, 0.1) is 24.0 Å². The van der Waals surface area contributed by atoms with E-state index in [0.29, 0.717) is 5.75 Å². The highest BCUT2D eigenvalue weighted by Crippen LogP contribution is 2.36. The van der Waals surface area contributed by atoms with E-state index in [1.807, 2.05) is 32.0 Å². The summed E-state index contributed by atoms with van der Waals surface area (Å²) in [6.07, 6.45) is 0. The molecule has 0 amide bonds. The normalized spacial score (nSPS) is 10.2. The van der Waals surface area contributed by atoms with Crippen molar-refractivity contribution >= 4 is 11.4 Å². The van der Waals surface area contributed by atoms with Crippen LogP contribution in [0.25, 0.3) is 0 Å². The second kappa shape index (κ2) is 4.97. The first-order valence-corrected chi connectivity index (χ1v) is 5.77. The predicted octanol–water partition coefficient (Wildman–Crippen LogP) is 3.59. The zero-order chi connectivity index (χ0) is 14.0. The Morgan fingerprint density at radius 1 is 1.16 bits per heavy atom. The molecule has 0 aliphatic carbocycles. The minimum atomic E-state index is -0.532. The molecule has 0 unspecified atom stereocenters. The van der Waals surface area contributed by atoms with Crippen LogP contribution in [0.1, 0.15) is 11.1 Å². The van der Waals surface area contributed by atoms with E-state index in [2.05, 4.69) is 0 Å². The smallest absolute Gasteiger partial charge is 0.334 e. The van der Waals surface area contributed by atoms with E-state index >= 15 is 0 Å². The van der Waals surface area contributed by atoms with Gasteiger partial charge in [-0.05, 0) is 43.2 Å². The topological polar surface area (TPSA) is 78.4 Å². The molecule has 98 valence electrons. The third-order valence-corrected chi connectivity index (χ3v) is 2.78. The Bertz CT molecular complexity index is 639. The number of nitrogens with two attached hydrogens (primary N) is 1. The number of nitro benzene ring substituents is 1. The molecular weight excluding hydrogens is 244 g/mol. The van der Waals surface area contributed by atoms with Gasteiger partial charge in [0.05, 0.1) is 4.92 Å². The lowest BCUT2D eigenvalue weighted by Gasteiger charge is -2.10. The van der Waals surface area contributed by atoms with Gasteiger partial charge in [0, 0.05) is 0 Å². The SMILES string of the molecule is Cc1ccc(C)c(Oc2cccc(N)c2[N+](=O)[O-])c1. The predicted molar refractivity (Wildman–Crippen MR) is 73.5 cm³/mol. The number of para-hydroxylation sites is 1. The van der Waals surface area contributed by atoms with Gasteiger partial charge in [0.15, 0.2) is 0 Å². The molecule has 19 heavy (non-hydrogen) atoms. The monoisotopic (exact) mass is 258 g/mol. The summed E-state index contributed by atoms with van der Waals surface area (Å²) in [5, 5.41) is 11.0. The van der Waals surface area contributed by atoms with E-state index < -0.39 is 4.92 Å². The first-order chi connectivity index (χ1) is 8.99. The molecule has 0 saturated carbocycles. The van der Waals surface area contributed by atoms with Crippen LogP contribution in [0.3, 0.4) is 0 Å². The Kier molecular flexibility index (Phi) is 3.37. The van der Waals surface area contributed by atoms with Crippen molar-refractivity contribution in [1.29, 1.82) is 0 Å². The van der Waals surface area contributed by atoms with Gasteiger partial charge in [0.2, 0.25) is 5.75 Å². The number of ether oxygens (including phenoxy) is 1. The molecule has 5 nitrogen and oxygen atoms in total. The Balaban J connectivity index is 2.46. The fraction of sp³-hybridized carbons (Fsp3) is 0.143. The second-order valence-electron chi connectivity index (χ2n) is 4.32. The lowest BCUT2D eigenvalue weighted by atomic mass is 10.1. The average molecular weight is 258 g/mol. The molecule has 0 fully saturated rings. The van der Waals surface area contributed by atoms with Crippen LogP contribution < -0.4 is 10.5 Å². The lowest BCUT2D eigenvalue weighted by molar-refractivity contribution is -0.384. The summed E-state index contributed by atoms with van der Waals surface area (Å²) < 4.78 is 5.64. The second-order valence-corrected chi connectivity index (χ2v) is 4.32. The summed E-state index contributed by atoms with van der Waals surface area (Å²) in [7, 11) is 0. The largest absolute Gasteiger partial charge is 0.450 e. The molecule has 0 atom stereocenters. The van der Waals surface area contributed by atoms with Gasteiger partial charge in [-0.1, -0.05) is 18.2 Å². The zero-order valence-electron chi connectivity index (χ0n) is 10.7. The highest BCUT2D eigenvalue weighted by molar-refractivity contribution is 5.66. The number of rotatable bonds is 3.